The number of fused-ring (bicyclic) bond motifs is 3. The van der Waals surface area contributed by atoms with E-state index in [-0.39, 0.29) is 11.6 Å². The molecule has 27 heavy (non-hydrogen) atoms. The monoisotopic (exact) mass is 360 g/mol. The predicted octanol–water partition coefficient (Wildman–Crippen LogP) is 5.10. The van der Waals surface area contributed by atoms with E-state index in [2.05, 4.69) is 62.4 Å². The molecule has 5 rings (SSSR count). The van der Waals surface area contributed by atoms with Gasteiger partial charge in [0, 0.05) is 0 Å². The molecule has 2 bridgehead atoms. The van der Waals surface area contributed by atoms with E-state index < -0.39 is 10.8 Å². The average Bonchev–Trinajstić information content (AvgIpc) is 2.73. The summed E-state index contributed by atoms with van der Waals surface area (Å²) in [7, 11) is 0. The number of carbonyl (C=O) groups is 2. The maximum atomic E-state index is 13.3. The summed E-state index contributed by atoms with van der Waals surface area (Å²) in [4.78, 5) is 26.5. The molecule has 2 aromatic carbocycles. The first-order valence-electron chi connectivity index (χ1n) is 10.3. The van der Waals surface area contributed by atoms with Crippen LogP contribution in [0.1, 0.15) is 68.2 Å². The van der Waals surface area contributed by atoms with Crippen molar-refractivity contribution in [3.8, 4) is 0 Å². The Hall–Kier alpha value is -2.22. The first kappa shape index (κ1) is 18.2. The summed E-state index contributed by atoms with van der Waals surface area (Å²) in [6.07, 6.45) is 6.26. The topological polar surface area (TPSA) is 34.1 Å². The van der Waals surface area contributed by atoms with Gasteiger partial charge in [0.2, 0.25) is 11.6 Å². The molecule has 3 fully saturated rings. The summed E-state index contributed by atoms with van der Waals surface area (Å²) in [5.74, 6) is -0.329. The summed E-state index contributed by atoms with van der Waals surface area (Å²) >= 11 is 0. The molecule has 0 aliphatic heterocycles. The molecular formula is C25H28O2. The lowest BCUT2D eigenvalue weighted by Gasteiger charge is -2.51. The molecular weight excluding hydrogens is 332 g/mol. The minimum atomic E-state index is -0.590. The quantitative estimate of drug-likeness (QED) is 0.695. The van der Waals surface area contributed by atoms with Crippen molar-refractivity contribution in [1.29, 1.82) is 0 Å². The molecule has 0 N–H and O–H groups in total. The van der Waals surface area contributed by atoms with Gasteiger partial charge in [-0.3, -0.25) is 9.59 Å². The third-order valence-electron chi connectivity index (χ3n) is 6.99. The molecule has 0 saturated heterocycles. The van der Waals surface area contributed by atoms with Crippen molar-refractivity contribution in [2.75, 3.05) is 0 Å². The highest BCUT2D eigenvalue weighted by Gasteiger charge is 2.61. The van der Waals surface area contributed by atoms with Gasteiger partial charge in [-0.2, -0.15) is 0 Å². The largest absolute Gasteiger partial charge is 0.290 e. The highest BCUT2D eigenvalue weighted by Crippen LogP contribution is 2.55. The molecule has 0 atom stereocenters. The van der Waals surface area contributed by atoms with Gasteiger partial charge in [-0.1, -0.05) is 68.8 Å². The van der Waals surface area contributed by atoms with Crippen LogP contribution in [0.15, 0.2) is 48.5 Å². The third-order valence-corrected chi connectivity index (χ3v) is 6.99. The third kappa shape index (κ3) is 2.69. The zero-order chi connectivity index (χ0) is 19.1. The van der Waals surface area contributed by atoms with E-state index in [9.17, 15) is 9.59 Å². The number of Topliss-reactive ketones (excluding diaryl/α,β-unsaturated/α-hetero) is 2. The molecule has 0 spiro atoms. The van der Waals surface area contributed by atoms with Crippen LogP contribution < -0.4 is 0 Å². The number of benzene rings is 2. The predicted molar refractivity (Wildman–Crippen MR) is 108 cm³/mol. The Morgan fingerprint density at radius 1 is 0.667 bits per heavy atom. The molecule has 2 aromatic rings. The number of aryl methyl sites for hydroxylation is 2. The Labute approximate surface area is 162 Å². The Morgan fingerprint density at radius 2 is 1.07 bits per heavy atom. The van der Waals surface area contributed by atoms with Gasteiger partial charge in [-0.15, -0.1) is 0 Å². The maximum absolute atomic E-state index is 13.3. The van der Waals surface area contributed by atoms with Crippen LogP contribution in [-0.2, 0) is 33.3 Å². The normalized spacial score (nSPS) is 27.2. The van der Waals surface area contributed by atoms with Crippen LogP contribution in [0.5, 0.6) is 0 Å². The van der Waals surface area contributed by atoms with Crippen LogP contribution >= 0.6 is 0 Å². The van der Waals surface area contributed by atoms with Crippen LogP contribution in [0.4, 0.5) is 0 Å². The fourth-order valence-corrected chi connectivity index (χ4v) is 5.17. The molecule has 0 amide bonds. The Kier molecular flexibility index (Phi) is 4.53. The van der Waals surface area contributed by atoms with Gasteiger partial charge < -0.3 is 0 Å². The summed E-state index contributed by atoms with van der Waals surface area (Å²) in [6.45, 7) is 4.30. The van der Waals surface area contributed by atoms with E-state index in [0.717, 1.165) is 56.1 Å². The summed E-state index contributed by atoms with van der Waals surface area (Å²) in [5.41, 5.74) is 3.45. The van der Waals surface area contributed by atoms with Crippen LogP contribution in [0, 0.1) is 0 Å². The van der Waals surface area contributed by atoms with Crippen LogP contribution in [-0.4, -0.2) is 11.6 Å². The number of rotatable bonds is 5. The van der Waals surface area contributed by atoms with E-state index in [4.69, 9.17) is 0 Å². The van der Waals surface area contributed by atoms with Gasteiger partial charge >= 0.3 is 0 Å². The van der Waals surface area contributed by atoms with Crippen molar-refractivity contribution in [2.24, 2.45) is 0 Å². The highest BCUT2D eigenvalue weighted by atomic mass is 16.2. The van der Waals surface area contributed by atoms with Crippen LogP contribution in [0.25, 0.3) is 0 Å². The number of carbonyl (C=O) groups excluding carboxylic acids is 2. The van der Waals surface area contributed by atoms with Crippen molar-refractivity contribution in [3.05, 3.63) is 70.8 Å². The lowest BCUT2D eigenvalue weighted by atomic mass is 9.49. The van der Waals surface area contributed by atoms with E-state index in [1.54, 1.807) is 0 Å². The summed E-state index contributed by atoms with van der Waals surface area (Å²) in [5, 5.41) is 0. The van der Waals surface area contributed by atoms with Gasteiger partial charge in [0.15, 0.2) is 0 Å². The van der Waals surface area contributed by atoms with Gasteiger partial charge in [0.25, 0.3) is 0 Å². The van der Waals surface area contributed by atoms with Gasteiger partial charge in [0.05, 0.1) is 10.8 Å². The fourth-order valence-electron chi connectivity index (χ4n) is 5.17. The van der Waals surface area contributed by atoms with E-state index in [1.165, 1.54) is 11.1 Å². The van der Waals surface area contributed by atoms with Crippen LogP contribution in [0.2, 0.25) is 0 Å². The molecule has 140 valence electrons. The van der Waals surface area contributed by atoms with Crippen molar-refractivity contribution >= 4 is 11.6 Å². The maximum Gasteiger partial charge on any atom is 0.209 e. The smallest absolute Gasteiger partial charge is 0.209 e. The van der Waals surface area contributed by atoms with E-state index in [0.29, 0.717) is 0 Å². The number of ketones is 2. The molecule has 2 heteroatoms. The molecule has 0 radical (unpaired) electrons. The van der Waals surface area contributed by atoms with Gasteiger partial charge in [0.1, 0.15) is 0 Å². The molecule has 0 heterocycles. The standard InChI is InChI=1S/C25H28O2/c1-3-5-19-8-12-21(13-9-19)25-16-14-24(15-17-25,22(26)23(25)27)20-10-6-18(4-2)7-11-20/h6-13H,3-5,14-17H2,1-2H3. The van der Waals surface area contributed by atoms with Crippen LogP contribution in [0.3, 0.4) is 0 Å². The number of hydrogen-bond donors (Lipinski definition) is 0. The van der Waals surface area contributed by atoms with Gasteiger partial charge in [-0.25, -0.2) is 0 Å². The minimum Gasteiger partial charge on any atom is -0.290 e. The number of hydrogen-bond acceptors (Lipinski definition) is 2. The first-order valence-corrected chi connectivity index (χ1v) is 10.3. The molecule has 3 aliphatic rings. The first-order chi connectivity index (χ1) is 13.1. The lowest BCUT2D eigenvalue weighted by Crippen LogP contribution is -2.60. The average molecular weight is 360 g/mol. The van der Waals surface area contributed by atoms with Crippen molar-refractivity contribution in [1.82, 2.24) is 0 Å². The second-order valence-electron chi connectivity index (χ2n) is 8.32. The molecule has 2 nitrogen and oxygen atoms in total. The second kappa shape index (κ2) is 6.74. The van der Waals surface area contributed by atoms with E-state index >= 15 is 0 Å². The zero-order valence-electron chi connectivity index (χ0n) is 16.4. The Morgan fingerprint density at radius 3 is 1.44 bits per heavy atom. The highest BCUT2D eigenvalue weighted by molar-refractivity contribution is 6.45. The molecule has 0 unspecified atom stereocenters. The Bertz CT molecular complexity index is 850. The SMILES string of the molecule is CCCc1ccc(C23CCC(c4ccc(CC)cc4)(CC2)C(=O)C3=O)cc1. The van der Waals surface area contributed by atoms with Crippen molar-refractivity contribution in [3.63, 3.8) is 0 Å². The molecule has 0 aromatic heterocycles. The molecule has 3 saturated carbocycles. The zero-order valence-corrected chi connectivity index (χ0v) is 16.4. The fraction of sp³-hybridized carbons (Fsp3) is 0.440. The van der Waals surface area contributed by atoms with Gasteiger partial charge in [-0.05, 0) is 60.8 Å². The summed E-state index contributed by atoms with van der Waals surface area (Å²) < 4.78 is 0. The Balaban J connectivity index is 1.66. The van der Waals surface area contributed by atoms with E-state index in [1.807, 2.05) is 0 Å². The summed E-state index contributed by atoms with van der Waals surface area (Å²) in [6, 6.07) is 16.8. The lowest BCUT2D eigenvalue weighted by molar-refractivity contribution is -0.151. The second-order valence-corrected chi connectivity index (χ2v) is 8.32. The minimum absolute atomic E-state index is 0.164. The molecule has 3 aliphatic carbocycles. The van der Waals surface area contributed by atoms with Crippen molar-refractivity contribution in [2.45, 2.75) is 69.6 Å². The van der Waals surface area contributed by atoms with Crippen molar-refractivity contribution < 1.29 is 9.59 Å².